The van der Waals surface area contributed by atoms with Crippen LogP contribution in [0.3, 0.4) is 0 Å². The molecule has 1 aromatic rings. The summed E-state index contributed by atoms with van der Waals surface area (Å²) >= 11 is 12.0. The van der Waals surface area contributed by atoms with Gasteiger partial charge in [-0.2, -0.15) is 0 Å². The van der Waals surface area contributed by atoms with Crippen LogP contribution < -0.4 is 0 Å². The molecule has 0 radical (unpaired) electrons. The molecule has 0 fully saturated rings. The highest BCUT2D eigenvalue weighted by atomic mass is 35.5. The summed E-state index contributed by atoms with van der Waals surface area (Å²) < 4.78 is 0. The number of amides is 1. The van der Waals surface area contributed by atoms with Gasteiger partial charge in [-0.3, -0.25) is 14.7 Å². The predicted octanol–water partition coefficient (Wildman–Crippen LogP) is 4.02. The molecule has 0 aliphatic carbocycles. The summed E-state index contributed by atoms with van der Waals surface area (Å²) in [6.45, 7) is 5.52. The fourth-order valence-corrected chi connectivity index (χ4v) is 2.12. The Hall–Kier alpha value is -1.32. The highest BCUT2D eigenvalue weighted by Gasteiger charge is 2.22. The number of amidine groups is 1. The van der Waals surface area contributed by atoms with Crippen LogP contribution in [0.25, 0.3) is 0 Å². The highest BCUT2D eigenvalue weighted by Crippen LogP contribution is 2.26. The first kappa shape index (κ1) is 14.7. The van der Waals surface area contributed by atoms with Crippen molar-refractivity contribution in [1.82, 2.24) is 4.90 Å². The normalized spacial score (nSPS) is 11.2. The monoisotopic (exact) mass is 284 g/mol. The van der Waals surface area contributed by atoms with Crippen LogP contribution in [0.15, 0.2) is 36.0 Å². The molecule has 0 aliphatic heterocycles. The maximum Gasteiger partial charge on any atom is 0.266 e. The van der Waals surface area contributed by atoms with Gasteiger partial charge in [0.15, 0.2) is 0 Å². The Bertz CT molecular complexity index is 478. The predicted molar refractivity (Wildman–Crippen MR) is 76.5 cm³/mol. The standard InChI is InChI=1S/C13H14Cl2N2O/c1-4-11(16-3)17(5-2)13(18)12-9(14)7-6-8-10(12)15/h5-8H,2,4H2,1,3H3. The molecule has 0 spiro atoms. The van der Waals surface area contributed by atoms with Gasteiger partial charge in [0.25, 0.3) is 5.91 Å². The van der Waals surface area contributed by atoms with Crippen molar-refractivity contribution in [1.29, 1.82) is 0 Å². The number of halogens is 2. The molecule has 0 unspecified atom stereocenters. The van der Waals surface area contributed by atoms with E-state index < -0.39 is 0 Å². The second-order valence-electron chi connectivity index (χ2n) is 3.45. The topological polar surface area (TPSA) is 32.7 Å². The second-order valence-corrected chi connectivity index (χ2v) is 4.26. The molecule has 0 aromatic heterocycles. The molecule has 0 heterocycles. The number of carbonyl (C=O) groups excluding carboxylic acids is 1. The van der Waals surface area contributed by atoms with Crippen molar-refractivity contribution in [2.45, 2.75) is 13.3 Å². The van der Waals surface area contributed by atoms with E-state index in [1.165, 1.54) is 11.1 Å². The molecular formula is C13H14Cl2N2O. The molecule has 1 rings (SSSR count). The number of aliphatic imine (C=N–C) groups is 1. The van der Waals surface area contributed by atoms with Gasteiger partial charge in [-0.1, -0.05) is 42.8 Å². The van der Waals surface area contributed by atoms with Crippen molar-refractivity contribution in [2.75, 3.05) is 7.05 Å². The van der Waals surface area contributed by atoms with Gasteiger partial charge in [0.1, 0.15) is 5.84 Å². The Labute approximate surface area is 117 Å². The van der Waals surface area contributed by atoms with E-state index >= 15 is 0 Å². The average molecular weight is 285 g/mol. The van der Waals surface area contributed by atoms with Gasteiger partial charge in [0, 0.05) is 19.7 Å². The molecule has 0 aliphatic rings. The molecule has 0 N–H and O–H groups in total. The van der Waals surface area contributed by atoms with Crippen molar-refractivity contribution in [2.24, 2.45) is 4.99 Å². The van der Waals surface area contributed by atoms with Gasteiger partial charge in [0.2, 0.25) is 0 Å². The largest absolute Gasteiger partial charge is 0.275 e. The first-order valence-corrected chi connectivity index (χ1v) is 6.18. The minimum absolute atomic E-state index is 0.260. The van der Waals surface area contributed by atoms with Crippen LogP contribution in [0.4, 0.5) is 0 Å². The molecule has 18 heavy (non-hydrogen) atoms. The smallest absolute Gasteiger partial charge is 0.266 e. The maximum absolute atomic E-state index is 12.4. The quantitative estimate of drug-likeness (QED) is 0.610. The molecule has 0 bridgehead atoms. The number of rotatable bonds is 3. The summed E-state index contributed by atoms with van der Waals surface area (Å²) in [7, 11) is 1.62. The van der Waals surface area contributed by atoms with Crippen LogP contribution in [-0.4, -0.2) is 23.7 Å². The third-order valence-electron chi connectivity index (χ3n) is 2.43. The summed E-state index contributed by atoms with van der Waals surface area (Å²) in [4.78, 5) is 17.8. The molecule has 0 saturated heterocycles. The lowest BCUT2D eigenvalue weighted by atomic mass is 10.2. The Kier molecular flexibility index (Phi) is 5.38. The van der Waals surface area contributed by atoms with E-state index in [1.54, 1.807) is 25.2 Å². The van der Waals surface area contributed by atoms with Crippen LogP contribution in [0.2, 0.25) is 10.0 Å². The number of hydrogen-bond acceptors (Lipinski definition) is 2. The van der Waals surface area contributed by atoms with E-state index in [4.69, 9.17) is 23.2 Å². The Balaban J connectivity index is 3.24. The lowest BCUT2D eigenvalue weighted by Gasteiger charge is -2.20. The number of hydrogen-bond donors (Lipinski definition) is 0. The second kappa shape index (κ2) is 6.57. The molecule has 3 nitrogen and oxygen atoms in total. The number of nitrogens with zero attached hydrogens (tertiary/aromatic N) is 2. The minimum Gasteiger partial charge on any atom is -0.275 e. The molecule has 1 aromatic carbocycles. The summed E-state index contributed by atoms with van der Waals surface area (Å²) in [5.41, 5.74) is 0.260. The lowest BCUT2D eigenvalue weighted by molar-refractivity contribution is 0.0886. The number of benzene rings is 1. The highest BCUT2D eigenvalue weighted by molar-refractivity contribution is 6.40. The van der Waals surface area contributed by atoms with Gasteiger partial charge < -0.3 is 0 Å². The first-order chi connectivity index (χ1) is 8.56. The zero-order chi connectivity index (χ0) is 13.7. The fraction of sp³-hybridized carbons (Fsp3) is 0.231. The summed E-state index contributed by atoms with van der Waals surface area (Å²) in [6, 6.07) is 4.93. The molecule has 0 atom stereocenters. The van der Waals surface area contributed by atoms with E-state index in [0.717, 1.165) is 0 Å². The SMILES string of the molecule is C=CN(C(=O)c1c(Cl)cccc1Cl)C(CC)=NC. The molecule has 96 valence electrons. The van der Waals surface area contributed by atoms with Gasteiger partial charge in [-0.15, -0.1) is 0 Å². The average Bonchev–Trinajstić information content (AvgIpc) is 2.35. The van der Waals surface area contributed by atoms with Crippen LogP contribution in [0.1, 0.15) is 23.7 Å². The van der Waals surface area contributed by atoms with Crippen molar-refractivity contribution in [3.63, 3.8) is 0 Å². The fourth-order valence-electron chi connectivity index (χ4n) is 1.56. The Morgan fingerprint density at radius 3 is 2.39 bits per heavy atom. The van der Waals surface area contributed by atoms with E-state index in [-0.39, 0.29) is 11.5 Å². The third kappa shape index (κ3) is 2.92. The van der Waals surface area contributed by atoms with Gasteiger partial charge >= 0.3 is 0 Å². The Morgan fingerprint density at radius 1 is 1.44 bits per heavy atom. The van der Waals surface area contributed by atoms with E-state index in [2.05, 4.69) is 11.6 Å². The number of carbonyl (C=O) groups is 1. The van der Waals surface area contributed by atoms with E-state index in [1.807, 2.05) is 6.92 Å². The van der Waals surface area contributed by atoms with Crippen LogP contribution >= 0.6 is 23.2 Å². The van der Waals surface area contributed by atoms with E-state index in [0.29, 0.717) is 22.3 Å². The molecule has 1 amide bonds. The zero-order valence-electron chi connectivity index (χ0n) is 10.3. The van der Waals surface area contributed by atoms with Crippen LogP contribution in [-0.2, 0) is 0 Å². The first-order valence-electron chi connectivity index (χ1n) is 5.42. The third-order valence-corrected chi connectivity index (χ3v) is 3.06. The minimum atomic E-state index is -0.331. The van der Waals surface area contributed by atoms with Crippen molar-refractivity contribution in [3.05, 3.63) is 46.6 Å². The van der Waals surface area contributed by atoms with Gasteiger partial charge in [-0.25, -0.2) is 0 Å². The molecular weight excluding hydrogens is 271 g/mol. The summed E-state index contributed by atoms with van der Waals surface area (Å²) in [5.74, 6) is 0.272. The van der Waals surface area contributed by atoms with Crippen molar-refractivity contribution >= 4 is 34.9 Å². The maximum atomic E-state index is 12.4. The van der Waals surface area contributed by atoms with Crippen molar-refractivity contribution < 1.29 is 4.79 Å². The summed E-state index contributed by atoms with van der Waals surface area (Å²) in [6.07, 6.45) is 2.02. The van der Waals surface area contributed by atoms with Gasteiger partial charge in [-0.05, 0) is 12.1 Å². The Morgan fingerprint density at radius 2 is 2.00 bits per heavy atom. The van der Waals surface area contributed by atoms with Crippen LogP contribution in [0, 0.1) is 0 Å². The van der Waals surface area contributed by atoms with Gasteiger partial charge in [0.05, 0.1) is 15.6 Å². The zero-order valence-corrected chi connectivity index (χ0v) is 11.8. The summed E-state index contributed by atoms with van der Waals surface area (Å²) in [5, 5.41) is 0.622. The van der Waals surface area contributed by atoms with E-state index in [9.17, 15) is 4.79 Å². The molecule has 5 heteroatoms. The molecule has 0 saturated carbocycles. The lowest BCUT2D eigenvalue weighted by Crippen LogP contribution is -2.32. The van der Waals surface area contributed by atoms with Crippen molar-refractivity contribution in [3.8, 4) is 0 Å². The van der Waals surface area contributed by atoms with Crippen LogP contribution in [0.5, 0.6) is 0 Å².